The number of sulfonamides is 1. The number of nitrogens with zero attached hydrogens (tertiary/aromatic N) is 1. The van der Waals surface area contributed by atoms with Crippen LogP contribution in [0.25, 0.3) is 0 Å². The zero-order chi connectivity index (χ0) is 18.7. The Labute approximate surface area is 155 Å². The fourth-order valence-corrected chi connectivity index (χ4v) is 5.23. The van der Waals surface area contributed by atoms with Crippen LogP contribution >= 0.6 is 0 Å². The maximum Gasteiger partial charge on any atom is 0.243 e. The molecule has 26 heavy (non-hydrogen) atoms. The summed E-state index contributed by atoms with van der Waals surface area (Å²) < 4.78 is 27.0. The molecule has 0 atom stereocenters. The van der Waals surface area contributed by atoms with E-state index in [9.17, 15) is 18.0 Å². The summed E-state index contributed by atoms with van der Waals surface area (Å²) in [5.41, 5.74) is 0.492. The lowest BCUT2D eigenvalue weighted by Crippen LogP contribution is -2.44. The summed E-state index contributed by atoms with van der Waals surface area (Å²) in [5, 5.41) is 3.11. The van der Waals surface area contributed by atoms with E-state index in [4.69, 9.17) is 0 Å². The Kier molecular flexibility index (Phi) is 5.77. The van der Waals surface area contributed by atoms with Crippen LogP contribution in [0.3, 0.4) is 0 Å². The van der Waals surface area contributed by atoms with Crippen molar-refractivity contribution in [3.63, 3.8) is 0 Å². The van der Waals surface area contributed by atoms with Gasteiger partial charge in [-0.1, -0.05) is 25.0 Å². The van der Waals surface area contributed by atoms with Gasteiger partial charge in [-0.25, -0.2) is 8.42 Å². The highest BCUT2D eigenvalue weighted by Gasteiger charge is 2.33. The van der Waals surface area contributed by atoms with Crippen molar-refractivity contribution in [3.8, 4) is 0 Å². The number of carbonyl (C=O) groups is 2. The van der Waals surface area contributed by atoms with Gasteiger partial charge in [0, 0.05) is 30.6 Å². The lowest BCUT2D eigenvalue weighted by Gasteiger charge is -2.31. The molecule has 142 valence electrons. The van der Waals surface area contributed by atoms with Crippen molar-refractivity contribution >= 4 is 21.7 Å². The predicted octanol–water partition coefficient (Wildman–Crippen LogP) is 2.35. The van der Waals surface area contributed by atoms with Crippen molar-refractivity contribution in [3.05, 3.63) is 29.8 Å². The minimum absolute atomic E-state index is 0.0692. The van der Waals surface area contributed by atoms with E-state index in [0.717, 1.165) is 12.8 Å². The molecule has 1 N–H and O–H groups in total. The fourth-order valence-electron chi connectivity index (χ4n) is 3.76. The van der Waals surface area contributed by atoms with Crippen LogP contribution in [0.1, 0.15) is 55.8 Å². The molecule has 1 aliphatic carbocycles. The average molecular weight is 378 g/mol. The molecule has 1 amide bonds. The third-order valence-electron chi connectivity index (χ3n) is 5.42. The van der Waals surface area contributed by atoms with Gasteiger partial charge in [-0.2, -0.15) is 4.31 Å². The van der Waals surface area contributed by atoms with Gasteiger partial charge in [-0.05, 0) is 44.7 Å². The Balaban J connectivity index is 1.59. The molecule has 2 aliphatic rings. The van der Waals surface area contributed by atoms with Crippen molar-refractivity contribution in [2.45, 2.75) is 56.4 Å². The molecule has 1 aromatic carbocycles. The van der Waals surface area contributed by atoms with Crippen LogP contribution in [0.2, 0.25) is 0 Å². The van der Waals surface area contributed by atoms with E-state index in [1.165, 1.54) is 48.3 Å². The van der Waals surface area contributed by atoms with E-state index < -0.39 is 10.0 Å². The number of Topliss-reactive ketones (excluding diaryl/α,β-unsaturated/α-hetero) is 1. The first-order chi connectivity index (χ1) is 12.4. The number of nitrogens with one attached hydrogen (secondary N) is 1. The van der Waals surface area contributed by atoms with Gasteiger partial charge in [0.1, 0.15) is 0 Å². The lowest BCUT2D eigenvalue weighted by molar-refractivity contribution is -0.126. The molecule has 1 heterocycles. The molecule has 0 aromatic heterocycles. The second-order valence-electron chi connectivity index (χ2n) is 7.25. The number of benzene rings is 1. The first kappa shape index (κ1) is 19.0. The van der Waals surface area contributed by atoms with E-state index in [0.29, 0.717) is 37.5 Å². The molecule has 0 bridgehead atoms. The topological polar surface area (TPSA) is 83.6 Å². The Morgan fingerprint density at radius 3 is 2.12 bits per heavy atom. The third kappa shape index (κ3) is 4.15. The second-order valence-corrected chi connectivity index (χ2v) is 9.19. The number of carbonyl (C=O) groups excluding carboxylic acids is 2. The van der Waals surface area contributed by atoms with Gasteiger partial charge >= 0.3 is 0 Å². The maximum atomic E-state index is 12.8. The Morgan fingerprint density at radius 2 is 1.58 bits per heavy atom. The molecule has 7 heteroatoms. The molecule has 1 saturated carbocycles. The number of ketones is 1. The van der Waals surface area contributed by atoms with Crippen LogP contribution in [0.5, 0.6) is 0 Å². The van der Waals surface area contributed by atoms with Gasteiger partial charge < -0.3 is 5.32 Å². The van der Waals surface area contributed by atoms with Crippen molar-refractivity contribution < 1.29 is 18.0 Å². The summed E-state index contributed by atoms with van der Waals surface area (Å²) in [4.78, 5) is 23.9. The number of hydrogen-bond acceptors (Lipinski definition) is 4. The number of rotatable bonds is 5. The van der Waals surface area contributed by atoms with E-state index >= 15 is 0 Å². The first-order valence-electron chi connectivity index (χ1n) is 9.29. The monoisotopic (exact) mass is 378 g/mol. The fraction of sp³-hybridized carbons (Fsp3) is 0.579. The Morgan fingerprint density at radius 1 is 1.00 bits per heavy atom. The van der Waals surface area contributed by atoms with Crippen molar-refractivity contribution in [2.75, 3.05) is 13.1 Å². The van der Waals surface area contributed by atoms with E-state index in [-0.39, 0.29) is 22.5 Å². The van der Waals surface area contributed by atoms with Crippen LogP contribution in [-0.2, 0) is 14.8 Å². The second kappa shape index (κ2) is 7.88. The number of piperidine rings is 1. The van der Waals surface area contributed by atoms with Gasteiger partial charge in [0.2, 0.25) is 15.9 Å². The highest BCUT2D eigenvalue weighted by Crippen LogP contribution is 2.25. The summed E-state index contributed by atoms with van der Waals surface area (Å²) in [5.74, 6) is -0.134. The van der Waals surface area contributed by atoms with E-state index in [1.54, 1.807) is 0 Å². The van der Waals surface area contributed by atoms with Crippen LogP contribution in [0.4, 0.5) is 0 Å². The molecule has 3 rings (SSSR count). The molecule has 1 aliphatic heterocycles. The third-order valence-corrected chi connectivity index (χ3v) is 7.34. The van der Waals surface area contributed by atoms with Crippen LogP contribution in [-0.4, -0.2) is 43.5 Å². The molecular weight excluding hydrogens is 352 g/mol. The van der Waals surface area contributed by atoms with Gasteiger partial charge in [0.25, 0.3) is 0 Å². The average Bonchev–Trinajstić information content (AvgIpc) is 3.15. The van der Waals surface area contributed by atoms with Crippen molar-refractivity contribution in [2.24, 2.45) is 5.92 Å². The van der Waals surface area contributed by atoms with E-state index in [2.05, 4.69) is 5.32 Å². The van der Waals surface area contributed by atoms with E-state index in [1.807, 2.05) is 0 Å². The highest BCUT2D eigenvalue weighted by molar-refractivity contribution is 7.89. The van der Waals surface area contributed by atoms with Gasteiger partial charge in [-0.3, -0.25) is 9.59 Å². The standard InChI is InChI=1S/C19H26N2O4S/c1-14(22)15-6-8-18(9-7-15)26(24,25)21-12-10-16(11-13-21)19(23)20-17-4-2-3-5-17/h6-9,16-17H,2-5,10-13H2,1H3,(H,20,23). The Hall–Kier alpha value is -1.73. The van der Waals surface area contributed by atoms with Gasteiger partial charge in [0.15, 0.2) is 5.78 Å². The Bertz CT molecular complexity index is 759. The first-order valence-corrected chi connectivity index (χ1v) is 10.7. The zero-order valence-corrected chi connectivity index (χ0v) is 15.9. The minimum atomic E-state index is -3.59. The van der Waals surface area contributed by atoms with Gasteiger partial charge in [-0.15, -0.1) is 0 Å². The largest absolute Gasteiger partial charge is 0.353 e. The number of hydrogen-bond donors (Lipinski definition) is 1. The van der Waals surface area contributed by atoms with Crippen molar-refractivity contribution in [1.82, 2.24) is 9.62 Å². The normalized spacial score (nSPS) is 20.2. The molecule has 1 aromatic rings. The molecule has 2 fully saturated rings. The van der Waals surface area contributed by atoms with Crippen LogP contribution in [0, 0.1) is 5.92 Å². The maximum absolute atomic E-state index is 12.8. The number of amides is 1. The van der Waals surface area contributed by atoms with Crippen LogP contribution < -0.4 is 5.32 Å². The predicted molar refractivity (Wildman–Crippen MR) is 98.3 cm³/mol. The molecule has 1 saturated heterocycles. The van der Waals surface area contributed by atoms with Crippen molar-refractivity contribution in [1.29, 1.82) is 0 Å². The summed E-state index contributed by atoms with van der Waals surface area (Å²) in [6, 6.07) is 6.33. The molecule has 6 nitrogen and oxygen atoms in total. The smallest absolute Gasteiger partial charge is 0.243 e. The van der Waals surface area contributed by atoms with Gasteiger partial charge in [0.05, 0.1) is 4.90 Å². The molecular formula is C19H26N2O4S. The zero-order valence-electron chi connectivity index (χ0n) is 15.1. The quantitative estimate of drug-likeness (QED) is 0.797. The van der Waals surface area contributed by atoms with Crippen LogP contribution in [0.15, 0.2) is 29.2 Å². The lowest BCUT2D eigenvalue weighted by atomic mass is 9.97. The SMILES string of the molecule is CC(=O)c1ccc(S(=O)(=O)N2CCC(C(=O)NC3CCCC3)CC2)cc1. The summed E-state index contributed by atoms with van der Waals surface area (Å²) in [6.45, 7) is 2.14. The summed E-state index contributed by atoms with van der Waals surface area (Å²) in [6.07, 6.45) is 5.53. The minimum Gasteiger partial charge on any atom is -0.353 e. The summed E-state index contributed by atoms with van der Waals surface area (Å²) >= 11 is 0. The molecule has 0 unspecified atom stereocenters. The highest BCUT2D eigenvalue weighted by atomic mass is 32.2. The molecule has 0 spiro atoms. The summed E-state index contributed by atoms with van der Waals surface area (Å²) in [7, 11) is -3.59. The molecule has 0 radical (unpaired) electrons.